The number of hydrogen-bond acceptors (Lipinski definition) is 8. The molecule has 20 heavy (non-hydrogen) atoms. The van der Waals surface area contributed by atoms with Crippen LogP contribution in [0, 0.1) is 0 Å². The molecule has 0 aromatic carbocycles. The van der Waals surface area contributed by atoms with Crippen molar-refractivity contribution >= 4 is 17.9 Å². The lowest BCUT2D eigenvalue weighted by Crippen LogP contribution is -2.40. The van der Waals surface area contributed by atoms with Gasteiger partial charge in [-0.1, -0.05) is 19.7 Å². The number of ether oxygens (including phenoxy) is 4. The Hall–Kier alpha value is -2.45. The van der Waals surface area contributed by atoms with E-state index in [1.807, 2.05) is 0 Å². The van der Waals surface area contributed by atoms with Gasteiger partial charge in [-0.2, -0.15) is 0 Å². The monoisotopic (exact) mass is 284 g/mol. The molecule has 8 nitrogen and oxygen atoms in total. The first-order valence-electron chi connectivity index (χ1n) is 5.26. The van der Waals surface area contributed by atoms with Crippen LogP contribution >= 0.6 is 0 Å². The van der Waals surface area contributed by atoms with Gasteiger partial charge in [0, 0.05) is 18.2 Å². The van der Waals surface area contributed by atoms with E-state index in [1.54, 1.807) is 0 Å². The van der Waals surface area contributed by atoms with E-state index in [-0.39, 0.29) is 0 Å². The minimum atomic E-state index is -2.39. The summed E-state index contributed by atoms with van der Waals surface area (Å²) in [4.78, 5) is 33.6. The molecule has 1 heterocycles. The average Bonchev–Trinajstić information content (AvgIpc) is 3.04. The van der Waals surface area contributed by atoms with Crippen LogP contribution in [0.2, 0.25) is 0 Å². The largest absolute Gasteiger partial charge is 0.453 e. The predicted molar refractivity (Wildman–Crippen MR) is 62.5 cm³/mol. The van der Waals surface area contributed by atoms with Crippen LogP contribution in [0.1, 0.15) is 0 Å². The van der Waals surface area contributed by atoms with E-state index in [1.165, 1.54) is 0 Å². The smallest absolute Gasteiger partial charge is 0.416 e. The first-order valence-corrected chi connectivity index (χ1v) is 5.26. The number of hydrogen-bond donors (Lipinski definition) is 1. The van der Waals surface area contributed by atoms with Crippen LogP contribution < -0.4 is 0 Å². The second-order valence-corrected chi connectivity index (χ2v) is 3.44. The Labute approximate surface area is 113 Å². The number of epoxide rings is 1. The van der Waals surface area contributed by atoms with Crippen molar-refractivity contribution in [3.8, 4) is 0 Å². The lowest BCUT2D eigenvalue weighted by atomic mass is 10.3. The van der Waals surface area contributed by atoms with Crippen molar-refractivity contribution in [1.29, 1.82) is 0 Å². The molecule has 108 valence electrons. The maximum atomic E-state index is 11.2. The quantitative estimate of drug-likeness (QED) is 0.289. The molecule has 0 spiro atoms. The zero-order valence-corrected chi connectivity index (χ0v) is 10.4. The Morgan fingerprint density at radius 1 is 0.950 bits per heavy atom. The van der Waals surface area contributed by atoms with Gasteiger partial charge in [-0.05, 0) is 0 Å². The van der Waals surface area contributed by atoms with E-state index in [2.05, 4.69) is 29.2 Å². The van der Waals surface area contributed by atoms with Gasteiger partial charge in [0.25, 0.3) is 0 Å². The molecule has 0 aromatic heterocycles. The molecule has 1 aliphatic rings. The summed E-state index contributed by atoms with van der Waals surface area (Å²) >= 11 is 0. The molecule has 0 radical (unpaired) electrons. The van der Waals surface area contributed by atoms with E-state index in [4.69, 9.17) is 9.47 Å². The molecular weight excluding hydrogens is 272 g/mol. The van der Waals surface area contributed by atoms with E-state index >= 15 is 0 Å². The zero-order chi connectivity index (χ0) is 15.4. The van der Waals surface area contributed by atoms with E-state index in [0.29, 0.717) is 0 Å². The van der Waals surface area contributed by atoms with Crippen molar-refractivity contribution in [2.24, 2.45) is 0 Å². The molecular formula is C12H12O8. The van der Waals surface area contributed by atoms with Gasteiger partial charge >= 0.3 is 29.7 Å². The average molecular weight is 284 g/mol. The zero-order valence-electron chi connectivity index (χ0n) is 10.4. The Morgan fingerprint density at radius 2 is 1.35 bits per heavy atom. The topological polar surface area (TPSA) is 112 Å². The van der Waals surface area contributed by atoms with Crippen molar-refractivity contribution in [3.63, 3.8) is 0 Å². The van der Waals surface area contributed by atoms with Crippen LogP contribution in [0.4, 0.5) is 0 Å². The third kappa shape index (κ3) is 2.76. The van der Waals surface area contributed by atoms with Gasteiger partial charge in [-0.15, -0.1) is 0 Å². The number of esters is 3. The molecule has 1 unspecified atom stereocenters. The molecule has 1 rings (SSSR count). The lowest BCUT2D eigenvalue weighted by molar-refractivity contribution is -0.225. The highest BCUT2D eigenvalue weighted by atomic mass is 17.0. The van der Waals surface area contributed by atoms with E-state index in [0.717, 1.165) is 18.2 Å². The highest BCUT2D eigenvalue weighted by Gasteiger charge is 2.82. The van der Waals surface area contributed by atoms with Crippen LogP contribution in [-0.4, -0.2) is 41.4 Å². The third-order valence-electron chi connectivity index (χ3n) is 2.17. The normalized spacial score (nSPS) is 22.1. The predicted octanol–water partition coefficient (Wildman–Crippen LogP) is -0.453. The van der Waals surface area contributed by atoms with Crippen molar-refractivity contribution in [2.45, 2.75) is 11.8 Å². The summed E-state index contributed by atoms with van der Waals surface area (Å²) < 4.78 is 18.9. The minimum Gasteiger partial charge on any atom is -0.416 e. The second-order valence-electron chi connectivity index (χ2n) is 3.44. The first kappa shape index (κ1) is 15.6. The number of carbonyl (C=O) groups excluding carboxylic acids is 3. The summed E-state index contributed by atoms with van der Waals surface area (Å²) in [5, 5.41) is 9.24. The first-order chi connectivity index (χ1) is 9.38. The third-order valence-corrected chi connectivity index (χ3v) is 2.17. The molecule has 0 bridgehead atoms. The van der Waals surface area contributed by atoms with Gasteiger partial charge in [-0.3, -0.25) is 0 Å². The Balaban J connectivity index is 3.01. The number of carbonyl (C=O) groups is 3. The number of aliphatic hydroxyl groups excluding tert-OH is 1. The fourth-order valence-electron chi connectivity index (χ4n) is 1.21. The van der Waals surface area contributed by atoms with Gasteiger partial charge in [0.05, 0.1) is 0 Å². The number of aliphatic hydroxyl groups is 1. The molecule has 1 aliphatic heterocycles. The maximum Gasteiger partial charge on any atom is 0.453 e. The van der Waals surface area contributed by atoms with Gasteiger partial charge in [-0.25, -0.2) is 19.1 Å². The highest BCUT2D eigenvalue weighted by Crippen LogP contribution is 2.51. The molecule has 1 atom stereocenters. The number of rotatable bonds is 7. The van der Waals surface area contributed by atoms with Crippen molar-refractivity contribution in [2.75, 3.05) is 6.61 Å². The Morgan fingerprint density at radius 3 is 1.70 bits per heavy atom. The molecule has 0 aromatic rings. The second kappa shape index (κ2) is 5.68. The molecule has 0 amide bonds. The molecule has 1 fully saturated rings. The van der Waals surface area contributed by atoms with Gasteiger partial charge in [0.1, 0.15) is 6.61 Å². The highest BCUT2D eigenvalue weighted by molar-refractivity contribution is 5.84. The summed E-state index contributed by atoms with van der Waals surface area (Å²) in [6, 6.07) is 0. The Bertz CT molecular complexity index is 458. The summed E-state index contributed by atoms with van der Waals surface area (Å²) in [5.74, 6) is -7.57. The molecule has 1 saturated heterocycles. The summed E-state index contributed by atoms with van der Waals surface area (Å²) in [6.45, 7) is 8.51. The van der Waals surface area contributed by atoms with E-state index in [9.17, 15) is 19.5 Å². The fraction of sp³-hybridized carbons (Fsp3) is 0.250. The van der Waals surface area contributed by atoms with Crippen molar-refractivity contribution in [1.82, 2.24) is 0 Å². The van der Waals surface area contributed by atoms with Gasteiger partial charge < -0.3 is 19.3 Å². The van der Waals surface area contributed by atoms with Crippen LogP contribution in [0.5, 0.6) is 0 Å². The lowest BCUT2D eigenvalue weighted by Gasteiger charge is -2.16. The maximum absolute atomic E-state index is 11.2. The Kier molecular flexibility index (Phi) is 4.43. The van der Waals surface area contributed by atoms with Crippen LogP contribution in [-0.2, 0) is 33.3 Å². The SMILES string of the molecule is C=CC(=O)OC1(CO)OC1(OC(=O)C=C)OC(=O)C=C. The van der Waals surface area contributed by atoms with Crippen molar-refractivity contribution < 1.29 is 38.4 Å². The summed E-state index contributed by atoms with van der Waals surface area (Å²) in [7, 11) is 0. The molecule has 8 heteroatoms. The van der Waals surface area contributed by atoms with Crippen molar-refractivity contribution in [3.05, 3.63) is 38.0 Å². The molecule has 1 N–H and O–H groups in total. The molecule has 0 saturated carbocycles. The van der Waals surface area contributed by atoms with Crippen LogP contribution in [0.3, 0.4) is 0 Å². The summed E-state index contributed by atoms with van der Waals surface area (Å²) in [6.07, 6.45) is 2.32. The minimum absolute atomic E-state index is 0.767. The van der Waals surface area contributed by atoms with Crippen LogP contribution in [0.25, 0.3) is 0 Å². The fourth-order valence-corrected chi connectivity index (χ4v) is 1.21. The van der Waals surface area contributed by atoms with Gasteiger partial charge in [0.2, 0.25) is 0 Å². The van der Waals surface area contributed by atoms with Crippen LogP contribution in [0.15, 0.2) is 38.0 Å². The summed E-state index contributed by atoms with van der Waals surface area (Å²) in [5.41, 5.74) is 0. The molecule has 0 aliphatic carbocycles. The standard InChI is InChI=1S/C12H12O8/c1-4-8(14)17-11(7-13)12(20-11,18-9(15)5-2)19-10(16)6-3/h4-6,13H,1-3,7H2. The van der Waals surface area contributed by atoms with E-state index < -0.39 is 36.3 Å². The van der Waals surface area contributed by atoms with Gasteiger partial charge in [0.15, 0.2) is 0 Å².